The molecule has 4 rings (SSSR count). The van der Waals surface area contributed by atoms with Crippen LogP contribution in [0.25, 0.3) is 11.0 Å². The van der Waals surface area contributed by atoms with Crippen molar-refractivity contribution in [2.45, 2.75) is 13.3 Å². The van der Waals surface area contributed by atoms with Crippen molar-refractivity contribution < 1.29 is 9.90 Å². The van der Waals surface area contributed by atoms with Crippen LogP contribution < -0.4 is 21.3 Å². The normalized spacial score (nSPS) is 11.1. The summed E-state index contributed by atoms with van der Waals surface area (Å²) in [6.45, 7) is 3.79. The molecule has 0 radical (unpaired) electrons. The second kappa shape index (κ2) is 10.9. The molecule has 0 bridgehead atoms. The Hall–Kier alpha value is -4.10. The summed E-state index contributed by atoms with van der Waals surface area (Å²) in [7, 11) is 3.64. The van der Waals surface area contributed by atoms with Gasteiger partial charge in [-0.25, -0.2) is 9.67 Å². The van der Waals surface area contributed by atoms with Gasteiger partial charge in [0.1, 0.15) is 0 Å². The molecule has 5 N–H and O–H groups in total. The quantitative estimate of drug-likeness (QED) is 0.196. The maximum Gasteiger partial charge on any atom is 0.252 e. The van der Waals surface area contributed by atoms with Crippen LogP contribution in [0.3, 0.4) is 0 Å². The highest BCUT2D eigenvalue weighted by Gasteiger charge is 2.15. The highest BCUT2D eigenvalue weighted by Crippen LogP contribution is 2.26. The fourth-order valence-corrected chi connectivity index (χ4v) is 3.41. The van der Waals surface area contributed by atoms with Gasteiger partial charge in [-0.3, -0.25) is 14.5 Å². The molecule has 0 unspecified atom stereocenters. The molecule has 4 heterocycles. The SMILES string of the molecule is Cc1ncc(C(=O)NCCNCCCO)cc1Nc1nn(C)c2nc(Nc3cnn(C)c3)ncc12. The van der Waals surface area contributed by atoms with Crippen LogP contribution in [0.15, 0.2) is 30.9 Å². The number of anilines is 4. The lowest BCUT2D eigenvalue weighted by Crippen LogP contribution is -2.32. The van der Waals surface area contributed by atoms with Crippen molar-refractivity contribution in [2.24, 2.45) is 14.1 Å². The Labute approximate surface area is 202 Å². The summed E-state index contributed by atoms with van der Waals surface area (Å²) >= 11 is 0. The number of carbonyl (C=O) groups excluding carboxylic acids is 1. The number of amides is 1. The van der Waals surface area contributed by atoms with Crippen LogP contribution in [0.2, 0.25) is 0 Å². The van der Waals surface area contributed by atoms with Crippen LogP contribution >= 0.6 is 0 Å². The van der Waals surface area contributed by atoms with E-state index >= 15 is 0 Å². The van der Waals surface area contributed by atoms with E-state index in [0.717, 1.165) is 16.8 Å². The number of hydrogen-bond acceptors (Lipinski definition) is 10. The highest BCUT2D eigenvalue weighted by molar-refractivity contribution is 5.96. The average molecular weight is 480 g/mol. The summed E-state index contributed by atoms with van der Waals surface area (Å²) in [6.07, 6.45) is 7.44. The topological polar surface area (TPSA) is 160 Å². The minimum Gasteiger partial charge on any atom is -0.396 e. The summed E-state index contributed by atoms with van der Waals surface area (Å²) in [4.78, 5) is 25.9. The third-order valence-electron chi connectivity index (χ3n) is 5.24. The van der Waals surface area contributed by atoms with E-state index in [4.69, 9.17) is 5.11 Å². The number of nitrogens with one attached hydrogen (secondary N) is 4. The first-order chi connectivity index (χ1) is 16.9. The van der Waals surface area contributed by atoms with Crippen molar-refractivity contribution in [3.63, 3.8) is 0 Å². The molecule has 0 aliphatic heterocycles. The molecule has 4 aromatic rings. The molecular formula is C22H29N11O2. The van der Waals surface area contributed by atoms with Gasteiger partial charge in [-0.05, 0) is 26.0 Å². The largest absolute Gasteiger partial charge is 0.396 e. The number of pyridine rings is 1. The van der Waals surface area contributed by atoms with Crippen molar-refractivity contribution in [1.29, 1.82) is 0 Å². The van der Waals surface area contributed by atoms with Gasteiger partial charge in [0.05, 0.1) is 34.2 Å². The Morgan fingerprint density at radius 2 is 1.94 bits per heavy atom. The second-order valence-electron chi connectivity index (χ2n) is 8.00. The molecular weight excluding hydrogens is 450 g/mol. The van der Waals surface area contributed by atoms with Gasteiger partial charge >= 0.3 is 0 Å². The molecule has 13 heteroatoms. The van der Waals surface area contributed by atoms with Crippen LogP contribution in [0.5, 0.6) is 0 Å². The number of aromatic nitrogens is 7. The number of fused-ring (bicyclic) bond motifs is 1. The van der Waals surface area contributed by atoms with Gasteiger partial charge in [0.15, 0.2) is 11.5 Å². The molecule has 0 spiro atoms. The maximum atomic E-state index is 12.6. The fourth-order valence-electron chi connectivity index (χ4n) is 3.41. The van der Waals surface area contributed by atoms with Gasteiger partial charge in [0.2, 0.25) is 5.95 Å². The molecule has 0 aliphatic carbocycles. The lowest BCUT2D eigenvalue weighted by Gasteiger charge is -2.10. The second-order valence-corrected chi connectivity index (χ2v) is 8.00. The van der Waals surface area contributed by atoms with E-state index in [-0.39, 0.29) is 12.5 Å². The molecule has 184 valence electrons. The van der Waals surface area contributed by atoms with E-state index < -0.39 is 0 Å². The van der Waals surface area contributed by atoms with Gasteiger partial charge in [-0.15, -0.1) is 0 Å². The Kier molecular flexibility index (Phi) is 7.48. The van der Waals surface area contributed by atoms with Crippen LogP contribution in [0.4, 0.5) is 23.1 Å². The predicted octanol–water partition coefficient (Wildman–Crippen LogP) is 0.989. The van der Waals surface area contributed by atoms with Crippen molar-refractivity contribution in [3.05, 3.63) is 42.1 Å². The summed E-state index contributed by atoms with van der Waals surface area (Å²) in [6, 6.07) is 1.75. The van der Waals surface area contributed by atoms with E-state index in [2.05, 4.69) is 46.4 Å². The molecule has 35 heavy (non-hydrogen) atoms. The van der Waals surface area contributed by atoms with Gasteiger partial charge in [0, 0.05) is 52.4 Å². The number of aliphatic hydroxyl groups is 1. The van der Waals surface area contributed by atoms with E-state index in [9.17, 15) is 4.79 Å². The lowest BCUT2D eigenvalue weighted by atomic mass is 10.2. The van der Waals surface area contributed by atoms with Crippen LogP contribution in [0, 0.1) is 6.92 Å². The average Bonchev–Trinajstić information content (AvgIpc) is 3.39. The summed E-state index contributed by atoms with van der Waals surface area (Å²) < 4.78 is 3.35. The third kappa shape index (κ3) is 5.88. The zero-order valence-electron chi connectivity index (χ0n) is 19.9. The first-order valence-corrected chi connectivity index (χ1v) is 11.2. The molecule has 0 saturated heterocycles. The summed E-state index contributed by atoms with van der Waals surface area (Å²) in [5, 5.41) is 30.6. The Morgan fingerprint density at radius 3 is 2.71 bits per heavy atom. The Morgan fingerprint density at radius 1 is 1.09 bits per heavy atom. The molecule has 0 aliphatic rings. The van der Waals surface area contributed by atoms with E-state index in [1.54, 1.807) is 41.1 Å². The molecule has 0 saturated carbocycles. The van der Waals surface area contributed by atoms with Crippen molar-refractivity contribution in [3.8, 4) is 0 Å². The monoisotopic (exact) mass is 479 g/mol. The lowest BCUT2D eigenvalue weighted by molar-refractivity contribution is 0.0953. The van der Waals surface area contributed by atoms with Crippen molar-refractivity contribution in [1.82, 2.24) is 45.1 Å². The van der Waals surface area contributed by atoms with Crippen molar-refractivity contribution in [2.75, 3.05) is 36.9 Å². The zero-order valence-corrected chi connectivity index (χ0v) is 19.9. The minimum atomic E-state index is -0.218. The highest BCUT2D eigenvalue weighted by atomic mass is 16.3. The number of nitrogens with zero attached hydrogens (tertiary/aromatic N) is 7. The molecule has 0 atom stereocenters. The van der Waals surface area contributed by atoms with Crippen LogP contribution in [-0.2, 0) is 14.1 Å². The van der Waals surface area contributed by atoms with Gasteiger partial charge in [0.25, 0.3) is 5.91 Å². The number of aliphatic hydroxyl groups excluding tert-OH is 1. The maximum absolute atomic E-state index is 12.6. The summed E-state index contributed by atoms with van der Waals surface area (Å²) in [5.74, 6) is 0.776. The zero-order chi connectivity index (χ0) is 24.8. The number of rotatable bonds is 11. The summed E-state index contributed by atoms with van der Waals surface area (Å²) in [5.41, 5.74) is 3.25. The van der Waals surface area contributed by atoms with E-state index in [1.807, 2.05) is 20.2 Å². The fraction of sp³-hybridized carbons (Fsp3) is 0.364. The molecule has 4 aromatic heterocycles. The van der Waals surface area contributed by atoms with E-state index in [1.165, 1.54) is 0 Å². The van der Waals surface area contributed by atoms with Crippen LogP contribution in [-0.4, -0.2) is 71.8 Å². The first-order valence-electron chi connectivity index (χ1n) is 11.2. The third-order valence-corrected chi connectivity index (χ3v) is 5.24. The predicted molar refractivity (Wildman–Crippen MR) is 132 cm³/mol. The smallest absolute Gasteiger partial charge is 0.252 e. The Bertz CT molecular complexity index is 1310. The van der Waals surface area contributed by atoms with Gasteiger partial charge < -0.3 is 26.4 Å². The minimum absolute atomic E-state index is 0.144. The molecule has 13 nitrogen and oxygen atoms in total. The molecule has 0 aromatic carbocycles. The first kappa shape index (κ1) is 24.0. The van der Waals surface area contributed by atoms with Gasteiger partial charge in [-0.2, -0.15) is 15.2 Å². The number of hydrogen-bond donors (Lipinski definition) is 5. The van der Waals surface area contributed by atoms with Crippen molar-refractivity contribution >= 4 is 40.1 Å². The molecule has 1 amide bonds. The Balaban J connectivity index is 1.46. The van der Waals surface area contributed by atoms with E-state index in [0.29, 0.717) is 54.7 Å². The van der Waals surface area contributed by atoms with Crippen LogP contribution in [0.1, 0.15) is 22.5 Å². The number of aryl methyl sites for hydroxylation is 3. The number of carbonyl (C=O) groups is 1. The molecule has 0 fully saturated rings. The standard InChI is InChI=1S/C22H29N11O2/c1-14-18(9-15(10-25-14)21(35)24-7-6-23-5-4-8-34)29-19-17-12-26-22(30-20(17)33(3)31-19)28-16-11-27-32(2)13-16/h9-13,23,34H,4-8H2,1-3H3,(H,24,35)(H,29,31)(H,26,28,30). The van der Waals surface area contributed by atoms with Gasteiger partial charge in [-0.1, -0.05) is 0 Å².